The summed E-state index contributed by atoms with van der Waals surface area (Å²) in [6.45, 7) is 10.4. The Labute approximate surface area is 158 Å². The average Bonchev–Trinajstić information content (AvgIpc) is 2.68. The molecule has 0 aromatic heterocycles. The van der Waals surface area contributed by atoms with Crippen molar-refractivity contribution in [3.8, 4) is 11.1 Å². The molecule has 0 saturated heterocycles. The third-order valence-corrected chi connectivity index (χ3v) is 3.97. The van der Waals surface area contributed by atoms with Crippen molar-refractivity contribution in [2.24, 2.45) is 0 Å². The number of hydrogen-bond acceptors (Lipinski definition) is 4. The van der Waals surface area contributed by atoms with Gasteiger partial charge in [0.25, 0.3) is 0 Å². The highest BCUT2D eigenvalue weighted by atomic mass is 16.6. The fourth-order valence-corrected chi connectivity index (χ4v) is 2.75. The minimum absolute atomic E-state index is 0.306. The second kappa shape index (κ2) is 11.2. The van der Waals surface area contributed by atoms with Crippen LogP contribution in [0.15, 0.2) is 48.5 Å². The van der Waals surface area contributed by atoms with E-state index in [4.69, 9.17) is 18.6 Å². The third kappa shape index (κ3) is 5.71. The van der Waals surface area contributed by atoms with Gasteiger partial charge in [0.05, 0.1) is 0 Å². The summed E-state index contributed by atoms with van der Waals surface area (Å²) in [5, 5.41) is 0. The summed E-state index contributed by atoms with van der Waals surface area (Å²) < 4.78 is 22.6. The summed E-state index contributed by atoms with van der Waals surface area (Å²) in [4.78, 5) is 0. The van der Waals surface area contributed by atoms with Gasteiger partial charge in [-0.05, 0) is 49.7 Å². The topological polar surface area (TPSA) is 36.9 Å². The van der Waals surface area contributed by atoms with Gasteiger partial charge >= 0.3 is 14.2 Å². The van der Waals surface area contributed by atoms with Gasteiger partial charge in [0.2, 0.25) is 0 Å². The summed E-state index contributed by atoms with van der Waals surface area (Å²) in [6.07, 6.45) is 0. The number of hydrogen-bond donors (Lipinski definition) is 0. The van der Waals surface area contributed by atoms with E-state index in [1.165, 1.54) is 0 Å². The zero-order chi connectivity index (χ0) is 18.8. The van der Waals surface area contributed by atoms with Crippen molar-refractivity contribution >= 4 is 25.2 Å². The molecule has 0 aliphatic heterocycles. The maximum absolute atomic E-state index is 5.65. The highest BCUT2D eigenvalue weighted by molar-refractivity contribution is 6.61. The first kappa shape index (κ1) is 20.7. The molecule has 2 aromatic rings. The highest BCUT2D eigenvalue weighted by Crippen LogP contribution is 2.17. The normalized spacial score (nSPS) is 10.8. The van der Waals surface area contributed by atoms with Crippen LogP contribution in [-0.4, -0.2) is 40.7 Å². The monoisotopic (exact) mass is 354 g/mol. The quantitative estimate of drug-likeness (QED) is 0.582. The third-order valence-electron chi connectivity index (χ3n) is 3.97. The predicted molar refractivity (Wildman–Crippen MR) is 109 cm³/mol. The molecule has 4 nitrogen and oxygen atoms in total. The molecule has 0 bridgehead atoms. The maximum atomic E-state index is 5.65. The molecular weight excluding hydrogens is 326 g/mol. The molecule has 0 atom stereocenters. The van der Waals surface area contributed by atoms with E-state index in [1.807, 2.05) is 27.7 Å². The first-order valence-electron chi connectivity index (χ1n) is 9.40. The molecule has 0 amide bonds. The molecule has 2 rings (SSSR count). The van der Waals surface area contributed by atoms with Crippen LogP contribution >= 0.6 is 0 Å². The Balaban J connectivity index is 2.13. The molecular formula is C20H28B2O4. The van der Waals surface area contributed by atoms with Gasteiger partial charge in [-0.15, -0.1) is 0 Å². The largest absolute Gasteiger partial charge is 0.493 e. The van der Waals surface area contributed by atoms with E-state index >= 15 is 0 Å². The fraction of sp³-hybridized carbons (Fsp3) is 0.400. The molecule has 26 heavy (non-hydrogen) atoms. The minimum atomic E-state index is -0.306. The molecule has 2 aromatic carbocycles. The molecule has 138 valence electrons. The molecule has 0 saturated carbocycles. The van der Waals surface area contributed by atoms with E-state index in [1.54, 1.807) is 0 Å². The van der Waals surface area contributed by atoms with E-state index in [0.29, 0.717) is 26.4 Å². The Kier molecular flexibility index (Phi) is 8.92. The molecule has 6 heteroatoms. The molecule has 0 heterocycles. The first-order valence-corrected chi connectivity index (χ1v) is 9.40. The fourth-order valence-electron chi connectivity index (χ4n) is 2.75. The van der Waals surface area contributed by atoms with E-state index in [9.17, 15) is 0 Å². The molecule has 0 fully saturated rings. The molecule has 0 unspecified atom stereocenters. The lowest BCUT2D eigenvalue weighted by Crippen LogP contribution is -2.37. The Bertz CT molecular complexity index is 562. The van der Waals surface area contributed by atoms with Crippen LogP contribution in [0.1, 0.15) is 27.7 Å². The van der Waals surface area contributed by atoms with Crippen molar-refractivity contribution in [2.45, 2.75) is 27.7 Å². The second-order valence-electron chi connectivity index (χ2n) is 5.73. The highest BCUT2D eigenvalue weighted by Gasteiger charge is 2.21. The van der Waals surface area contributed by atoms with Crippen molar-refractivity contribution < 1.29 is 18.6 Å². The van der Waals surface area contributed by atoms with Crippen LogP contribution in [0.3, 0.4) is 0 Å². The summed E-state index contributed by atoms with van der Waals surface area (Å²) in [5.74, 6) is 0. The van der Waals surface area contributed by atoms with Crippen LogP contribution < -0.4 is 10.9 Å². The SMILES string of the molecule is CCOB(OCC)c1ccc(-c2ccc(B(OCC)OCC)cc2)cc1. The van der Waals surface area contributed by atoms with Crippen molar-refractivity contribution in [1.82, 2.24) is 0 Å². The van der Waals surface area contributed by atoms with Crippen LogP contribution in [0.2, 0.25) is 0 Å². The molecule has 0 spiro atoms. The molecule has 0 aliphatic carbocycles. The Morgan fingerprint density at radius 3 is 1.00 bits per heavy atom. The van der Waals surface area contributed by atoms with E-state index in [2.05, 4.69) is 48.5 Å². The van der Waals surface area contributed by atoms with Gasteiger partial charge in [0, 0.05) is 26.4 Å². The Morgan fingerprint density at radius 2 is 0.769 bits per heavy atom. The van der Waals surface area contributed by atoms with Crippen LogP contribution in [0.5, 0.6) is 0 Å². The van der Waals surface area contributed by atoms with Crippen molar-refractivity contribution in [3.05, 3.63) is 48.5 Å². The van der Waals surface area contributed by atoms with Gasteiger partial charge in [-0.1, -0.05) is 48.5 Å². The van der Waals surface area contributed by atoms with Gasteiger partial charge in [-0.3, -0.25) is 0 Å². The predicted octanol–water partition coefficient (Wildman–Crippen LogP) is 2.89. The van der Waals surface area contributed by atoms with Crippen LogP contribution in [0.25, 0.3) is 11.1 Å². The van der Waals surface area contributed by atoms with Gasteiger partial charge in [0.1, 0.15) is 0 Å². The summed E-state index contributed by atoms with van der Waals surface area (Å²) in [6, 6.07) is 16.6. The van der Waals surface area contributed by atoms with Crippen LogP contribution in [0.4, 0.5) is 0 Å². The van der Waals surface area contributed by atoms with Gasteiger partial charge in [-0.25, -0.2) is 0 Å². The standard InChI is InChI=1S/C20H28B2O4/c1-5-23-21(24-6-2)19-13-9-17(10-14-19)18-11-15-20(16-12-18)22(25-7-3)26-8-4/h9-16H,5-8H2,1-4H3. The average molecular weight is 354 g/mol. The van der Waals surface area contributed by atoms with Crippen LogP contribution in [-0.2, 0) is 18.6 Å². The van der Waals surface area contributed by atoms with E-state index in [-0.39, 0.29) is 14.2 Å². The van der Waals surface area contributed by atoms with E-state index in [0.717, 1.165) is 22.1 Å². The number of benzene rings is 2. The molecule has 0 N–H and O–H groups in total. The van der Waals surface area contributed by atoms with Crippen molar-refractivity contribution in [3.63, 3.8) is 0 Å². The minimum Gasteiger partial charge on any atom is -0.408 e. The lowest BCUT2D eigenvalue weighted by atomic mass is 9.77. The summed E-state index contributed by atoms with van der Waals surface area (Å²) in [5.41, 5.74) is 4.36. The van der Waals surface area contributed by atoms with E-state index < -0.39 is 0 Å². The molecule has 0 radical (unpaired) electrons. The van der Waals surface area contributed by atoms with Gasteiger partial charge in [-0.2, -0.15) is 0 Å². The smallest absolute Gasteiger partial charge is 0.408 e. The number of rotatable bonds is 11. The Hall–Kier alpha value is -1.59. The van der Waals surface area contributed by atoms with Gasteiger partial charge in [0.15, 0.2) is 0 Å². The Morgan fingerprint density at radius 1 is 0.500 bits per heavy atom. The second-order valence-corrected chi connectivity index (χ2v) is 5.73. The summed E-state index contributed by atoms with van der Waals surface area (Å²) in [7, 11) is -0.612. The maximum Gasteiger partial charge on any atom is 0.493 e. The van der Waals surface area contributed by atoms with Crippen LogP contribution in [0, 0.1) is 0 Å². The first-order chi connectivity index (χ1) is 12.7. The lowest BCUT2D eigenvalue weighted by molar-refractivity contribution is 0.225. The molecule has 0 aliphatic rings. The lowest BCUT2D eigenvalue weighted by Gasteiger charge is -2.14. The van der Waals surface area contributed by atoms with Crippen molar-refractivity contribution in [1.29, 1.82) is 0 Å². The zero-order valence-electron chi connectivity index (χ0n) is 16.2. The van der Waals surface area contributed by atoms with Crippen molar-refractivity contribution in [2.75, 3.05) is 26.4 Å². The van der Waals surface area contributed by atoms with Gasteiger partial charge < -0.3 is 18.6 Å². The summed E-state index contributed by atoms with van der Waals surface area (Å²) >= 11 is 0. The zero-order valence-corrected chi connectivity index (χ0v) is 16.2.